The summed E-state index contributed by atoms with van der Waals surface area (Å²) in [6, 6.07) is 6.35. The smallest absolute Gasteiger partial charge is 0.240 e. The predicted octanol–water partition coefficient (Wildman–Crippen LogP) is 1.81. The van der Waals surface area contributed by atoms with Crippen LogP contribution in [-0.4, -0.2) is 27.3 Å². The van der Waals surface area contributed by atoms with Gasteiger partial charge in [-0.3, -0.25) is 10.1 Å². The van der Waals surface area contributed by atoms with E-state index in [0.717, 1.165) is 24.8 Å². The van der Waals surface area contributed by atoms with E-state index in [2.05, 4.69) is 21.4 Å². The van der Waals surface area contributed by atoms with Crippen LogP contribution in [0.4, 0.5) is 0 Å². The highest BCUT2D eigenvalue weighted by atomic mass is 16.3. The third-order valence-electron chi connectivity index (χ3n) is 4.51. The third kappa shape index (κ3) is 3.47. The minimum atomic E-state index is -0.664. The fourth-order valence-electron chi connectivity index (χ4n) is 2.86. The van der Waals surface area contributed by atoms with Crippen molar-refractivity contribution in [1.82, 2.24) is 15.5 Å². The number of nitrogens with two attached hydrogens (primary N) is 1. The molecule has 4 N–H and O–H groups in total. The molecular weight excluding hydrogens is 316 g/mol. The van der Waals surface area contributed by atoms with Gasteiger partial charge in [-0.2, -0.15) is 5.10 Å². The molecule has 3 rings (SSSR count). The van der Waals surface area contributed by atoms with Crippen LogP contribution in [0.25, 0.3) is 11.3 Å². The van der Waals surface area contributed by atoms with E-state index >= 15 is 0 Å². The first-order valence-electron chi connectivity index (χ1n) is 8.19. The number of primary amides is 1. The number of terminal acetylenes is 1. The Morgan fingerprint density at radius 1 is 1.40 bits per heavy atom. The van der Waals surface area contributed by atoms with Gasteiger partial charge in [0.15, 0.2) is 0 Å². The Morgan fingerprint density at radius 2 is 2.16 bits per heavy atom. The van der Waals surface area contributed by atoms with Gasteiger partial charge in [0.05, 0.1) is 11.4 Å². The SMILES string of the molecule is C#Cc1ccc(-c2nnc(C(NC3CCC3)C(N)=O)cc2C)c(O)c1. The number of nitrogens with zero attached hydrogens (tertiary/aromatic N) is 2. The summed E-state index contributed by atoms with van der Waals surface area (Å²) in [6.07, 6.45) is 8.55. The summed E-state index contributed by atoms with van der Waals surface area (Å²) in [5.41, 5.74) is 8.46. The summed E-state index contributed by atoms with van der Waals surface area (Å²) >= 11 is 0. The van der Waals surface area contributed by atoms with Crippen molar-refractivity contribution < 1.29 is 9.90 Å². The molecule has 2 aromatic rings. The number of phenols is 1. The van der Waals surface area contributed by atoms with E-state index in [9.17, 15) is 9.90 Å². The zero-order chi connectivity index (χ0) is 18.0. The quantitative estimate of drug-likeness (QED) is 0.723. The van der Waals surface area contributed by atoms with Crippen LogP contribution in [-0.2, 0) is 4.79 Å². The summed E-state index contributed by atoms with van der Waals surface area (Å²) in [6.45, 7) is 1.85. The van der Waals surface area contributed by atoms with Crippen molar-refractivity contribution in [2.75, 3.05) is 0 Å². The Labute approximate surface area is 146 Å². The monoisotopic (exact) mass is 336 g/mol. The van der Waals surface area contributed by atoms with Gasteiger partial charge in [-0.1, -0.05) is 12.3 Å². The van der Waals surface area contributed by atoms with Gasteiger partial charge in [-0.05, 0) is 49.6 Å². The Morgan fingerprint density at radius 3 is 2.68 bits per heavy atom. The maximum Gasteiger partial charge on any atom is 0.240 e. The highest BCUT2D eigenvalue weighted by Gasteiger charge is 2.27. The van der Waals surface area contributed by atoms with Crippen LogP contribution in [0.5, 0.6) is 5.75 Å². The lowest BCUT2D eigenvalue weighted by atomic mass is 9.92. The lowest BCUT2D eigenvalue weighted by Gasteiger charge is -2.30. The van der Waals surface area contributed by atoms with Crippen molar-refractivity contribution in [3.63, 3.8) is 0 Å². The van der Waals surface area contributed by atoms with Gasteiger partial charge in [-0.15, -0.1) is 11.5 Å². The first-order chi connectivity index (χ1) is 12.0. The molecule has 1 aliphatic rings. The minimum Gasteiger partial charge on any atom is -0.507 e. The number of hydrogen-bond donors (Lipinski definition) is 3. The Bertz CT molecular complexity index is 853. The van der Waals surface area contributed by atoms with Gasteiger partial charge in [0, 0.05) is 17.2 Å². The highest BCUT2D eigenvalue weighted by molar-refractivity contribution is 5.81. The van der Waals surface area contributed by atoms with Gasteiger partial charge in [0.25, 0.3) is 0 Å². The fourth-order valence-corrected chi connectivity index (χ4v) is 2.86. The molecule has 0 radical (unpaired) electrons. The number of aromatic nitrogens is 2. The molecule has 6 nitrogen and oxygen atoms in total. The molecule has 0 aliphatic heterocycles. The molecule has 1 unspecified atom stereocenters. The number of benzene rings is 1. The molecule has 1 heterocycles. The minimum absolute atomic E-state index is 0.0413. The van der Waals surface area contributed by atoms with Crippen molar-refractivity contribution in [1.29, 1.82) is 0 Å². The lowest BCUT2D eigenvalue weighted by molar-refractivity contribution is -0.120. The maximum atomic E-state index is 11.8. The molecule has 0 bridgehead atoms. The van der Waals surface area contributed by atoms with E-state index in [4.69, 9.17) is 12.2 Å². The van der Waals surface area contributed by atoms with E-state index in [1.54, 1.807) is 18.2 Å². The summed E-state index contributed by atoms with van der Waals surface area (Å²) in [5.74, 6) is 2.04. The van der Waals surface area contributed by atoms with Crippen molar-refractivity contribution in [2.24, 2.45) is 5.73 Å². The number of nitrogens with one attached hydrogen (secondary N) is 1. The second-order valence-corrected chi connectivity index (χ2v) is 6.31. The highest BCUT2D eigenvalue weighted by Crippen LogP contribution is 2.31. The summed E-state index contributed by atoms with van der Waals surface area (Å²) in [7, 11) is 0. The average molecular weight is 336 g/mol. The van der Waals surface area contributed by atoms with Gasteiger partial charge in [0.1, 0.15) is 11.8 Å². The summed E-state index contributed by atoms with van der Waals surface area (Å²) < 4.78 is 0. The lowest BCUT2D eigenvalue weighted by Crippen LogP contribution is -2.43. The van der Waals surface area contributed by atoms with E-state index in [-0.39, 0.29) is 5.75 Å². The van der Waals surface area contributed by atoms with Crippen molar-refractivity contribution in [3.05, 3.63) is 41.1 Å². The maximum absolute atomic E-state index is 11.8. The number of hydrogen-bond acceptors (Lipinski definition) is 5. The van der Waals surface area contributed by atoms with Crippen LogP contribution in [0.15, 0.2) is 24.3 Å². The second-order valence-electron chi connectivity index (χ2n) is 6.31. The number of carbonyl (C=O) groups excluding carboxylic acids is 1. The molecule has 1 atom stereocenters. The van der Waals surface area contributed by atoms with E-state index in [0.29, 0.717) is 28.6 Å². The van der Waals surface area contributed by atoms with Crippen molar-refractivity contribution >= 4 is 5.91 Å². The second kappa shape index (κ2) is 6.91. The van der Waals surface area contributed by atoms with Gasteiger partial charge < -0.3 is 10.8 Å². The molecule has 1 aromatic heterocycles. The van der Waals surface area contributed by atoms with Crippen LogP contribution in [0.2, 0.25) is 0 Å². The van der Waals surface area contributed by atoms with Crippen LogP contribution in [0.3, 0.4) is 0 Å². The van der Waals surface area contributed by atoms with Crippen LogP contribution in [0.1, 0.15) is 42.1 Å². The van der Waals surface area contributed by atoms with Gasteiger partial charge in [-0.25, -0.2) is 0 Å². The molecule has 0 saturated heterocycles. The molecule has 25 heavy (non-hydrogen) atoms. The molecule has 1 saturated carbocycles. The summed E-state index contributed by atoms with van der Waals surface area (Å²) in [5, 5.41) is 21.8. The molecule has 1 fully saturated rings. The molecule has 128 valence electrons. The fraction of sp³-hybridized carbons (Fsp3) is 0.316. The number of rotatable bonds is 5. The first-order valence-corrected chi connectivity index (χ1v) is 8.19. The Hall–Kier alpha value is -2.91. The molecular formula is C19H20N4O2. The largest absolute Gasteiger partial charge is 0.507 e. The molecule has 6 heteroatoms. The topological polar surface area (TPSA) is 101 Å². The number of aromatic hydroxyl groups is 1. The zero-order valence-electron chi connectivity index (χ0n) is 14.0. The van der Waals surface area contributed by atoms with Crippen LogP contribution >= 0.6 is 0 Å². The number of aryl methyl sites for hydroxylation is 1. The van der Waals surface area contributed by atoms with Crippen LogP contribution < -0.4 is 11.1 Å². The Kier molecular flexibility index (Phi) is 4.68. The molecule has 1 aliphatic carbocycles. The molecule has 1 amide bonds. The third-order valence-corrected chi connectivity index (χ3v) is 4.51. The van der Waals surface area contributed by atoms with E-state index in [1.165, 1.54) is 6.07 Å². The van der Waals surface area contributed by atoms with E-state index < -0.39 is 11.9 Å². The van der Waals surface area contributed by atoms with Crippen LogP contribution in [0, 0.1) is 19.3 Å². The number of amides is 1. The zero-order valence-corrected chi connectivity index (χ0v) is 14.0. The average Bonchev–Trinajstić information content (AvgIpc) is 2.54. The number of phenolic OH excluding ortho intramolecular Hbond substituents is 1. The number of carbonyl (C=O) groups is 1. The van der Waals surface area contributed by atoms with Crippen molar-refractivity contribution in [2.45, 2.75) is 38.3 Å². The van der Waals surface area contributed by atoms with Gasteiger partial charge >= 0.3 is 0 Å². The molecule has 1 aromatic carbocycles. The normalized spacial score (nSPS) is 15.2. The molecule has 0 spiro atoms. The standard InChI is InChI=1S/C19H20N4O2/c1-3-12-7-8-14(16(24)10-12)17-11(2)9-15(22-23-17)18(19(20)25)21-13-5-4-6-13/h1,7-10,13,18,21,24H,4-6H2,2H3,(H2,20,25). The predicted molar refractivity (Wildman–Crippen MR) is 94.5 cm³/mol. The first kappa shape index (κ1) is 16.9. The summed E-state index contributed by atoms with van der Waals surface area (Å²) in [4.78, 5) is 11.8. The van der Waals surface area contributed by atoms with E-state index in [1.807, 2.05) is 6.92 Å². The van der Waals surface area contributed by atoms with Crippen molar-refractivity contribution in [3.8, 4) is 29.4 Å². The Balaban J connectivity index is 1.92. The van der Waals surface area contributed by atoms with Gasteiger partial charge in [0.2, 0.25) is 5.91 Å².